The van der Waals surface area contributed by atoms with Crippen molar-refractivity contribution in [2.24, 2.45) is 11.7 Å². The molecule has 0 heterocycles. The Bertz CT molecular complexity index is 503. The Morgan fingerprint density at radius 2 is 2.05 bits per heavy atom. The molecule has 0 unspecified atom stereocenters. The first kappa shape index (κ1) is 18.1. The second-order valence-electron chi connectivity index (χ2n) is 5.37. The summed E-state index contributed by atoms with van der Waals surface area (Å²) in [6.07, 6.45) is 0. The molecule has 122 valence electrons. The normalized spacial score (nSPS) is 12.0. The van der Waals surface area contributed by atoms with Crippen molar-refractivity contribution in [1.29, 1.82) is 0 Å². The monoisotopic (exact) mass is 307 g/mol. The van der Waals surface area contributed by atoms with Gasteiger partial charge in [-0.2, -0.15) is 0 Å². The van der Waals surface area contributed by atoms with Crippen LogP contribution < -0.4 is 16.4 Å². The molecule has 0 saturated carbocycles. The van der Waals surface area contributed by atoms with Crippen molar-refractivity contribution in [3.63, 3.8) is 0 Å². The number of amides is 2. The summed E-state index contributed by atoms with van der Waals surface area (Å²) < 4.78 is 5.32. The van der Waals surface area contributed by atoms with Crippen molar-refractivity contribution < 1.29 is 14.3 Å². The van der Waals surface area contributed by atoms with Crippen molar-refractivity contribution in [3.05, 3.63) is 29.8 Å². The Morgan fingerprint density at radius 1 is 1.32 bits per heavy atom. The predicted molar refractivity (Wildman–Crippen MR) is 86.2 cm³/mol. The lowest BCUT2D eigenvalue weighted by Crippen LogP contribution is -2.46. The highest BCUT2D eigenvalue weighted by Crippen LogP contribution is 2.11. The summed E-state index contributed by atoms with van der Waals surface area (Å²) in [5.41, 5.74) is 7.36. The minimum atomic E-state index is -0.609. The number of hydrogen-bond donors (Lipinski definition) is 3. The summed E-state index contributed by atoms with van der Waals surface area (Å²) in [5.74, 6) is -0.591. The lowest BCUT2D eigenvalue weighted by molar-refractivity contribution is -0.125. The molecule has 1 aromatic carbocycles. The molecule has 1 aromatic rings. The Hall–Kier alpha value is -1.92. The van der Waals surface area contributed by atoms with Crippen molar-refractivity contribution in [1.82, 2.24) is 5.32 Å². The maximum absolute atomic E-state index is 11.8. The minimum Gasteiger partial charge on any atom is -0.377 e. The van der Waals surface area contributed by atoms with E-state index in [9.17, 15) is 9.59 Å². The third kappa shape index (κ3) is 6.24. The van der Waals surface area contributed by atoms with Crippen molar-refractivity contribution in [2.45, 2.75) is 33.4 Å². The molecule has 22 heavy (non-hydrogen) atoms. The van der Waals surface area contributed by atoms with Gasteiger partial charge in [0.2, 0.25) is 11.8 Å². The molecule has 0 fully saturated rings. The molecule has 1 rings (SSSR count). The summed E-state index contributed by atoms with van der Waals surface area (Å²) in [6.45, 7) is 6.67. The van der Waals surface area contributed by atoms with Crippen LogP contribution in [0.1, 0.15) is 26.3 Å². The van der Waals surface area contributed by atoms with E-state index < -0.39 is 6.04 Å². The molecule has 1 atom stereocenters. The van der Waals surface area contributed by atoms with Gasteiger partial charge in [0.15, 0.2) is 0 Å². The average molecular weight is 307 g/mol. The highest BCUT2D eigenvalue weighted by Gasteiger charge is 2.17. The second-order valence-corrected chi connectivity index (χ2v) is 5.37. The molecule has 0 bridgehead atoms. The highest BCUT2D eigenvalue weighted by atomic mass is 16.5. The Morgan fingerprint density at radius 3 is 2.68 bits per heavy atom. The molecule has 0 aliphatic rings. The Labute approximate surface area is 131 Å². The van der Waals surface area contributed by atoms with Crippen molar-refractivity contribution in [2.75, 3.05) is 18.5 Å². The standard InChI is InChI=1S/C16H25N3O3/c1-4-22-10-12-6-5-7-13(8-12)19-14(20)9-18-16(21)15(17)11(2)3/h5-8,11,15H,4,9-10,17H2,1-3H3,(H,18,21)(H,19,20)/t15-/m0/s1. The van der Waals surface area contributed by atoms with E-state index in [0.717, 1.165) is 5.56 Å². The number of nitrogens with two attached hydrogens (primary N) is 1. The molecular weight excluding hydrogens is 282 g/mol. The number of rotatable bonds is 8. The number of benzene rings is 1. The van der Waals surface area contributed by atoms with Gasteiger partial charge < -0.3 is 21.1 Å². The fraction of sp³-hybridized carbons (Fsp3) is 0.500. The number of carbonyl (C=O) groups is 2. The number of carbonyl (C=O) groups excluding carboxylic acids is 2. The van der Waals surface area contributed by atoms with Crippen LogP contribution in [-0.4, -0.2) is 31.0 Å². The molecule has 6 heteroatoms. The van der Waals surface area contributed by atoms with Gasteiger partial charge in [0.25, 0.3) is 0 Å². The summed E-state index contributed by atoms with van der Waals surface area (Å²) >= 11 is 0. The van der Waals surface area contributed by atoms with Crippen LogP contribution in [0.25, 0.3) is 0 Å². The summed E-state index contributed by atoms with van der Waals surface area (Å²) in [7, 11) is 0. The molecule has 2 amide bonds. The number of ether oxygens (including phenoxy) is 1. The lowest BCUT2D eigenvalue weighted by Gasteiger charge is -2.15. The van der Waals surface area contributed by atoms with Crippen molar-refractivity contribution >= 4 is 17.5 Å². The zero-order valence-corrected chi connectivity index (χ0v) is 13.4. The Balaban J connectivity index is 2.46. The van der Waals surface area contributed by atoms with E-state index in [4.69, 9.17) is 10.5 Å². The van der Waals surface area contributed by atoms with E-state index >= 15 is 0 Å². The van der Waals surface area contributed by atoms with E-state index in [0.29, 0.717) is 18.9 Å². The zero-order chi connectivity index (χ0) is 16.5. The van der Waals surface area contributed by atoms with E-state index in [1.807, 2.05) is 39.0 Å². The van der Waals surface area contributed by atoms with Gasteiger partial charge in [0.1, 0.15) is 0 Å². The van der Waals surface area contributed by atoms with Crippen LogP contribution in [0, 0.1) is 5.92 Å². The van der Waals surface area contributed by atoms with Crippen molar-refractivity contribution in [3.8, 4) is 0 Å². The van der Waals surface area contributed by atoms with Gasteiger partial charge in [0.05, 0.1) is 19.2 Å². The fourth-order valence-electron chi connectivity index (χ4n) is 1.75. The maximum Gasteiger partial charge on any atom is 0.243 e. The summed E-state index contributed by atoms with van der Waals surface area (Å²) in [5, 5.41) is 5.26. The van der Waals surface area contributed by atoms with Crippen LogP contribution in [0.15, 0.2) is 24.3 Å². The Kier molecular flexibility index (Phi) is 7.56. The molecule has 0 spiro atoms. The average Bonchev–Trinajstić information content (AvgIpc) is 2.50. The van der Waals surface area contributed by atoms with E-state index in [1.54, 1.807) is 6.07 Å². The largest absolute Gasteiger partial charge is 0.377 e. The van der Waals surface area contributed by atoms with E-state index in [1.165, 1.54) is 0 Å². The quantitative estimate of drug-likeness (QED) is 0.674. The number of anilines is 1. The third-order valence-corrected chi connectivity index (χ3v) is 3.13. The SMILES string of the molecule is CCOCc1cccc(NC(=O)CNC(=O)[C@@H](N)C(C)C)c1. The minimum absolute atomic E-state index is 0.0262. The first-order valence-electron chi connectivity index (χ1n) is 7.43. The predicted octanol–water partition coefficient (Wildman–Crippen LogP) is 1.26. The molecule has 4 N–H and O–H groups in total. The van der Waals surface area contributed by atoms with Crippen LogP contribution in [0.4, 0.5) is 5.69 Å². The second kappa shape index (κ2) is 9.17. The third-order valence-electron chi connectivity index (χ3n) is 3.13. The fourth-order valence-corrected chi connectivity index (χ4v) is 1.75. The maximum atomic E-state index is 11.8. The van der Waals surface area contributed by atoms with Crippen LogP contribution in [-0.2, 0) is 20.9 Å². The molecule has 6 nitrogen and oxygen atoms in total. The topological polar surface area (TPSA) is 93.5 Å². The molecule has 0 aliphatic carbocycles. The van der Waals surface area contributed by atoms with Gasteiger partial charge in [-0.1, -0.05) is 26.0 Å². The summed E-state index contributed by atoms with van der Waals surface area (Å²) in [4.78, 5) is 23.5. The van der Waals surface area contributed by atoms with Crippen LogP contribution in [0.5, 0.6) is 0 Å². The van der Waals surface area contributed by atoms with Gasteiger partial charge in [0, 0.05) is 12.3 Å². The van der Waals surface area contributed by atoms with Gasteiger partial charge >= 0.3 is 0 Å². The van der Waals surface area contributed by atoms with Gasteiger partial charge in [-0.05, 0) is 30.5 Å². The number of nitrogens with one attached hydrogen (secondary N) is 2. The first-order chi connectivity index (χ1) is 10.4. The molecule has 0 aromatic heterocycles. The molecule has 0 aliphatic heterocycles. The van der Waals surface area contributed by atoms with Crippen LogP contribution in [0.2, 0.25) is 0 Å². The highest BCUT2D eigenvalue weighted by molar-refractivity contribution is 5.95. The van der Waals surface area contributed by atoms with Crippen LogP contribution >= 0.6 is 0 Å². The van der Waals surface area contributed by atoms with E-state index in [-0.39, 0.29) is 24.3 Å². The first-order valence-corrected chi connectivity index (χ1v) is 7.43. The molecular formula is C16H25N3O3. The molecule has 0 saturated heterocycles. The van der Waals surface area contributed by atoms with E-state index in [2.05, 4.69) is 10.6 Å². The van der Waals surface area contributed by atoms with Gasteiger partial charge in [-0.3, -0.25) is 9.59 Å². The van der Waals surface area contributed by atoms with Gasteiger partial charge in [-0.15, -0.1) is 0 Å². The molecule has 0 radical (unpaired) electrons. The van der Waals surface area contributed by atoms with Crippen LogP contribution in [0.3, 0.4) is 0 Å². The smallest absolute Gasteiger partial charge is 0.243 e. The van der Waals surface area contributed by atoms with Gasteiger partial charge in [-0.25, -0.2) is 0 Å². The number of hydrogen-bond acceptors (Lipinski definition) is 4. The lowest BCUT2D eigenvalue weighted by atomic mass is 10.1. The summed E-state index contributed by atoms with van der Waals surface area (Å²) in [6, 6.07) is 6.79. The zero-order valence-electron chi connectivity index (χ0n) is 13.4.